The van der Waals surface area contributed by atoms with Gasteiger partial charge in [-0.25, -0.2) is 4.68 Å². The van der Waals surface area contributed by atoms with Gasteiger partial charge in [0, 0.05) is 28.5 Å². The fraction of sp³-hybridized carbons (Fsp3) is 0.182. The minimum atomic E-state index is -0.186. The van der Waals surface area contributed by atoms with E-state index in [2.05, 4.69) is 15.2 Å². The molecule has 2 heterocycles. The highest BCUT2D eigenvalue weighted by Gasteiger charge is 2.10. The van der Waals surface area contributed by atoms with Crippen LogP contribution in [-0.4, -0.2) is 33.3 Å². The molecule has 0 aliphatic rings. The highest BCUT2D eigenvalue weighted by molar-refractivity contribution is 7.98. The first-order valence-electron chi connectivity index (χ1n) is 9.36. The van der Waals surface area contributed by atoms with Crippen molar-refractivity contribution in [1.82, 2.24) is 19.9 Å². The Kier molecular flexibility index (Phi) is 5.94. The molecule has 0 radical (unpaired) electrons. The third kappa shape index (κ3) is 4.44. The minimum Gasteiger partial charge on any atom is -0.497 e. The molecule has 2 aromatic carbocycles. The van der Waals surface area contributed by atoms with Crippen LogP contribution in [0, 0.1) is 0 Å². The molecule has 0 N–H and O–H groups in total. The van der Waals surface area contributed by atoms with Crippen LogP contribution in [0.2, 0.25) is 0 Å². The lowest BCUT2D eigenvalue weighted by Crippen LogP contribution is -2.23. The third-order valence-corrected chi connectivity index (χ3v) is 5.33. The van der Waals surface area contributed by atoms with Crippen LogP contribution in [0.4, 0.5) is 0 Å². The number of nitrogens with zero attached hydrogens (tertiary/aromatic N) is 4. The minimum absolute atomic E-state index is 0.186. The zero-order valence-electron chi connectivity index (χ0n) is 16.6. The van der Waals surface area contributed by atoms with Gasteiger partial charge in [-0.05, 0) is 48.7 Å². The molecule has 0 aliphatic carbocycles. The lowest BCUT2D eigenvalue weighted by molar-refractivity contribution is 0.368. The van der Waals surface area contributed by atoms with E-state index in [9.17, 15) is 4.79 Å². The predicted octanol–water partition coefficient (Wildman–Crippen LogP) is 3.93. The van der Waals surface area contributed by atoms with Gasteiger partial charge in [-0.1, -0.05) is 17.3 Å². The van der Waals surface area contributed by atoms with Gasteiger partial charge in [0.1, 0.15) is 5.75 Å². The van der Waals surface area contributed by atoms with Crippen molar-refractivity contribution in [2.24, 2.45) is 0 Å². The molecule has 0 atom stereocenters. The number of aryl methyl sites for hydroxylation is 2. The molecule has 0 unspecified atom stereocenters. The molecule has 0 aliphatic heterocycles. The Morgan fingerprint density at radius 2 is 1.90 bits per heavy atom. The summed E-state index contributed by atoms with van der Waals surface area (Å²) in [6.07, 6.45) is 2.44. The third-order valence-electron chi connectivity index (χ3n) is 4.59. The number of benzene rings is 2. The van der Waals surface area contributed by atoms with E-state index in [0.29, 0.717) is 30.4 Å². The number of hydrogen-bond donors (Lipinski definition) is 0. The van der Waals surface area contributed by atoms with Gasteiger partial charge in [0.15, 0.2) is 0 Å². The summed E-state index contributed by atoms with van der Waals surface area (Å²) in [6.45, 7) is 0.337. The van der Waals surface area contributed by atoms with Crippen molar-refractivity contribution in [3.05, 3.63) is 76.9 Å². The Balaban J connectivity index is 1.50. The van der Waals surface area contributed by atoms with Crippen molar-refractivity contribution in [2.75, 3.05) is 13.4 Å². The quantitative estimate of drug-likeness (QED) is 0.419. The first kappa shape index (κ1) is 19.9. The van der Waals surface area contributed by atoms with E-state index in [4.69, 9.17) is 9.26 Å². The second-order valence-electron chi connectivity index (χ2n) is 6.50. The van der Waals surface area contributed by atoms with Gasteiger partial charge in [-0.2, -0.15) is 10.1 Å². The summed E-state index contributed by atoms with van der Waals surface area (Å²) in [6, 6.07) is 18.7. The van der Waals surface area contributed by atoms with Gasteiger partial charge in [0.05, 0.1) is 19.3 Å². The molecule has 0 saturated heterocycles. The lowest BCUT2D eigenvalue weighted by atomic mass is 10.1. The molecule has 0 bridgehead atoms. The molecule has 152 valence electrons. The largest absolute Gasteiger partial charge is 0.497 e. The van der Waals surface area contributed by atoms with Crippen molar-refractivity contribution in [2.45, 2.75) is 17.9 Å². The van der Waals surface area contributed by atoms with Crippen LogP contribution in [-0.2, 0) is 13.0 Å². The number of rotatable bonds is 7. The second-order valence-corrected chi connectivity index (χ2v) is 7.38. The van der Waals surface area contributed by atoms with E-state index in [-0.39, 0.29) is 5.56 Å². The van der Waals surface area contributed by atoms with Crippen LogP contribution in [0.5, 0.6) is 5.75 Å². The van der Waals surface area contributed by atoms with E-state index in [0.717, 1.165) is 16.9 Å². The summed E-state index contributed by atoms with van der Waals surface area (Å²) >= 11 is 1.68. The van der Waals surface area contributed by atoms with Crippen molar-refractivity contribution >= 4 is 11.8 Å². The average Bonchev–Trinajstić information content (AvgIpc) is 3.27. The fourth-order valence-electron chi connectivity index (χ4n) is 2.96. The zero-order valence-corrected chi connectivity index (χ0v) is 17.4. The highest BCUT2D eigenvalue weighted by atomic mass is 32.2. The van der Waals surface area contributed by atoms with Gasteiger partial charge in [0.25, 0.3) is 5.56 Å². The Bertz CT molecular complexity index is 1200. The predicted molar refractivity (Wildman–Crippen MR) is 116 cm³/mol. The maximum Gasteiger partial charge on any atom is 0.266 e. The summed E-state index contributed by atoms with van der Waals surface area (Å²) < 4.78 is 12.0. The molecular formula is C22H20N4O3S. The molecule has 8 heteroatoms. The van der Waals surface area contributed by atoms with Crippen molar-refractivity contribution in [3.8, 4) is 28.4 Å². The lowest BCUT2D eigenvalue weighted by Gasteiger charge is -2.07. The maximum atomic E-state index is 12.2. The van der Waals surface area contributed by atoms with Crippen molar-refractivity contribution in [3.63, 3.8) is 0 Å². The average molecular weight is 420 g/mol. The topological polar surface area (TPSA) is 83.0 Å². The molecule has 0 amide bonds. The first-order valence-corrected chi connectivity index (χ1v) is 10.6. The Morgan fingerprint density at radius 3 is 2.67 bits per heavy atom. The van der Waals surface area contributed by atoms with E-state index < -0.39 is 0 Å². The van der Waals surface area contributed by atoms with E-state index in [1.165, 1.54) is 15.6 Å². The summed E-state index contributed by atoms with van der Waals surface area (Å²) in [4.78, 5) is 17.9. The number of methoxy groups -OCH3 is 1. The maximum absolute atomic E-state index is 12.2. The SMILES string of the molecule is COc1cccc(-c2ccc(=O)n(CCc3nc(-c4ccc(SC)cc4)no3)n2)c1. The molecule has 4 aromatic rings. The normalized spacial score (nSPS) is 10.9. The molecule has 7 nitrogen and oxygen atoms in total. The zero-order chi connectivity index (χ0) is 20.9. The van der Waals surface area contributed by atoms with Crippen LogP contribution in [0.3, 0.4) is 0 Å². The fourth-order valence-corrected chi connectivity index (χ4v) is 3.37. The molecular weight excluding hydrogens is 400 g/mol. The Morgan fingerprint density at radius 1 is 1.07 bits per heavy atom. The Hall–Kier alpha value is -3.39. The first-order chi connectivity index (χ1) is 14.7. The second kappa shape index (κ2) is 8.96. The highest BCUT2D eigenvalue weighted by Crippen LogP contribution is 2.22. The van der Waals surface area contributed by atoms with E-state index in [1.54, 1.807) is 24.9 Å². The van der Waals surface area contributed by atoms with Crippen LogP contribution in [0.25, 0.3) is 22.6 Å². The summed E-state index contributed by atoms with van der Waals surface area (Å²) in [5.74, 6) is 1.72. The molecule has 0 spiro atoms. The summed E-state index contributed by atoms with van der Waals surface area (Å²) in [5, 5.41) is 8.52. The summed E-state index contributed by atoms with van der Waals surface area (Å²) in [7, 11) is 1.61. The molecule has 2 aromatic heterocycles. The van der Waals surface area contributed by atoms with Crippen LogP contribution < -0.4 is 10.3 Å². The van der Waals surface area contributed by atoms with Crippen molar-refractivity contribution in [1.29, 1.82) is 0 Å². The number of ether oxygens (including phenoxy) is 1. The molecule has 0 fully saturated rings. The smallest absolute Gasteiger partial charge is 0.266 e. The number of aromatic nitrogens is 4. The van der Waals surface area contributed by atoms with Gasteiger partial charge in [0.2, 0.25) is 11.7 Å². The molecule has 4 rings (SSSR count). The monoisotopic (exact) mass is 420 g/mol. The van der Waals surface area contributed by atoms with Crippen molar-refractivity contribution < 1.29 is 9.26 Å². The van der Waals surface area contributed by atoms with Crippen LogP contribution in [0.15, 0.2) is 74.9 Å². The van der Waals surface area contributed by atoms with Gasteiger partial charge in [-0.3, -0.25) is 4.79 Å². The number of hydrogen-bond acceptors (Lipinski definition) is 7. The van der Waals surface area contributed by atoms with Crippen LogP contribution >= 0.6 is 11.8 Å². The molecule has 0 saturated carbocycles. The van der Waals surface area contributed by atoms with Gasteiger partial charge >= 0.3 is 0 Å². The standard InChI is InChI=1S/C22H20N4O3S/c1-28-17-5-3-4-16(14-17)19-10-11-21(27)26(24-19)13-12-20-23-22(25-29-20)15-6-8-18(30-2)9-7-15/h3-11,14H,12-13H2,1-2H3. The van der Waals surface area contributed by atoms with Crippen LogP contribution in [0.1, 0.15) is 5.89 Å². The van der Waals surface area contributed by atoms with E-state index in [1.807, 2.05) is 54.8 Å². The van der Waals surface area contributed by atoms with E-state index >= 15 is 0 Å². The molecule has 30 heavy (non-hydrogen) atoms. The Labute approximate surface area is 177 Å². The number of thioether (sulfide) groups is 1. The summed E-state index contributed by atoms with van der Waals surface area (Å²) in [5.41, 5.74) is 2.26. The van der Waals surface area contributed by atoms with Gasteiger partial charge in [-0.15, -0.1) is 11.8 Å². The van der Waals surface area contributed by atoms with Gasteiger partial charge < -0.3 is 9.26 Å².